The molecule has 180 valence electrons. The number of carbonyl (C=O) groups excluding carboxylic acids is 3. The van der Waals surface area contributed by atoms with Crippen LogP contribution >= 0.6 is 0 Å². The van der Waals surface area contributed by atoms with Crippen molar-refractivity contribution in [2.75, 3.05) is 24.5 Å². The summed E-state index contributed by atoms with van der Waals surface area (Å²) in [5.74, 6) is -0.559. The number of carbonyl (C=O) groups is 3. The smallest absolute Gasteiger partial charge is 0.306 e. The lowest BCUT2D eigenvalue weighted by atomic mass is 10.1. The van der Waals surface area contributed by atoms with Crippen LogP contribution in [0.15, 0.2) is 60.7 Å². The van der Waals surface area contributed by atoms with Crippen molar-refractivity contribution in [3.8, 4) is 0 Å². The van der Waals surface area contributed by atoms with Crippen molar-refractivity contribution in [3.05, 3.63) is 71.8 Å². The predicted molar refractivity (Wildman–Crippen MR) is 134 cm³/mol. The minimum Gasteiger partial charge on any atom is -0.460 e. The third-order valence-corrected chi connectivity index (χ3v) is 5.60. The Balaban J connectivity index is 1.67. The van der Waals surface area contributed by atoms with E-state index in [1.165, 1.54) is 11.0 Å². The summed E-state index contributed by atoms with van der Waals surface area (Å²) < 4.78 is 5.42. The van der Waals surface area contributed by atoms with Gasteiger partial charge in [0.05, 0.1) is 6.42 Å². The molecule has 0 aliphatic carbocycles. The summed E-state index contributed by atoms with van der Waals surface area (Å²) in [6.45, 7) is 8.50. The van der Waals surface area contributed by atoms with E-state index in [0.29, 0.717) is 25.2 Å². The lowest BCUT2D eigenvalue weighted by molar-refractivity contribution is -0.156. The van der Waals surface area contributed by atoms with E-state index in [0.717, 1.165) is 17.5 Å². The van der Waals surface area contributed by atoms with E-state index >= 15 is 0 Å². The van der Waals surface area contributed by atoms with E-state index in [1.807, 2.05) is 82.3 Å². The summed E-state index contributed by atoms with van der Waals surface area (Å²) in [6, 6.07) is 17.1. The van der Waals surface area contributed by atoms with Gasteiger partial charge in [-0.2, -0.15) is 0 Å². The Morgan fingerprint density at radius 1 is 1.09 bits per heavy atom. The van der Waals surface area contributed by atoms with Gasteiger partial charge in [0.1, 0.15) is 12.1 Å². The number of benzene rings is 2. The molecule has 2 aromatic carbocycles. The summed E-state index contributed by atoms with van der Waals surface area (Å²) in [4.78, 5) is 41.7. The molecule has 6 heteroatoms. The molecule has 1 fully saturated rings. The van der Waals surface area contributed by atoms with Crippen LogP contribution in [0.5, 0.6) is 0 Å². The number of anilines is 1. The monoisotopic (exact) mass is 462 g/mol. The first-order valence-electron chi connectivity index (χ1n) is 11.7. The van der Waals surface area contributed by atoms with Gasteiger partial charge in [-0.1, -0.05) is 42.5 Å². The van der Waals surface area contributed by atoms with Crippen molar-refractivity contribution >= 4 is 29.5 Å². The van der Waals surface area contributed by atoms with E-state index < -0.39 is 5.60 Å². The molecule has 0 N–H and O–H groups in total. The van der Waals surface area contributed by atoms with Crippen LogP contribution in [-0.2, 0) is 19.1 Å². The second-order valence-electron chi connectivity index (χ2n) is 9.79. The molecule has 1 aliphatic rings. The first-order valence-corrected chi connectivity index (χ1v) is 11.7. The molecular formula is C28H34N2O4. The van der Waals surface area contributed by atoms with Crippen molar-refractivity contribution in [1.29, 1.82) is 0 Å². The number of hydrogen-bond acceptors (Lipinski definition) is 4. The maximum Gasteiger partial charge on any atom is 0.306 e. The molecule has 34 heavy (non-hydrogen) atoms. The largest absolute Gasteiger partial charge is 0.460 e. The summed E-state index contributed by atoms with van der Waals surface area (Å²) >= 11 is 0. The van der Waals surface area contributed by atoms with Crippen LogP contribution in [0.4, 0.5) is 5.69 Å². The summed E-state index contributed by atoms with van der Waals surface area (Å²) in [7, 11) is 0. The molecule has 6 nitrogen and oxygen atoms in total. The zero-order valence-corrected chi connectivity index (χ0v) is 20.5. The zero-order valence-electron chi connectivity index (χ0n) is 20.5. The van der Waals surface area contributed by atoms with Gasteiger partial charge in [-0.15, -0.1) is 0 Å². The Bertz CT molecular complexity index is 1040. The first kappa shape index (κ1) is 25.2. The van der Waals surface area contributed by atoms with E-state index in [4.69, 9.17) is 4.74 Å². The number of esters is 1. The van der Waals surface area contributed by atoms with Gasteiger partial charge in [-0.25, -0.2) is 0 Å². The number of rotatable bonds is 7. The van der Waals surface area contributed by atoms with Crippen molar-refractivity contribution in [3.63, 3.8) is 0 Å². The minimum atomic E-state index is -0.521. The van der Waals surface area contributed by atoms with Gasteiger partial charge in [0.15, 0.2) is 0 Å². The van der Waals surface area contributed by atoms with Crippen molar-refractivity contribution < 1.29 is 19.1 Å². The number of hydrogen-bond donors (Lipinski definition) is 0. The van der Waals surface area contributed by atoms with Crippen LogP contribution in [0.1, 0.15) is 44.7 Å². The van der Waals surface area contributed by atoms with Gasteiger partial charge in [0.2, 0.25) is 5.91 Å². The molecule has 1 heterocycles. The van der Waals surface area contributed by atoms with Crippen LogP contribution in [0.3, 0.4) is 0 Å². The van der Waals surface area contributed by atoms with Gasteiger partial charge in [-0.05, 0) is 69.4 Å². The Morgan fingerprint density at radius 2 is 1.82 bits per heavy atom. The minimum absolute atomic E-state index is 0.0550. The molecule has 2 amide bonds. The van der Waals surface area contributed by atoms with Gasteiger partial charge < -0.3 is 9.64 Å². The van der Waals surface area contributed by atoms with Crippen molar-refractivity contribution in [1.82, 2.24) is 4.90 Å². The summed E-state index contributed by atoms with van der Waals surface area (Å²) in [5, 5.41) is 0. The van der Waals surface area contributed by atoms with Crippen LogP contribution in [0.25, 0.3) is 6.08 Å². The van der Waals surface area contributed by atoms with E-state index in [1.54, 1.807) is 11.0 Å². The molecule has 0 radical (unpaired) electrons. The molecule has 0 spiro atoms. The summed E-state index contributed by atoms with van der Waals surface area (Å²) in [6.07, 6.45) is 4.29. The maximum atomic E-state index is 13.1. The van der Waals surface area contributed by atoms with Gasteiger partial charge in [-0.3, -0.25) is 19.3 Å². The highest BCUT2D eigenvalue weighted by Crippen LogP contribution is 2.23. The summed E-state index contributed by atoms with van der Waals surface area (Å²) in [5.41, 5.74) is 2.08. The second kappa shape index (κ2) is 11.1. The SMILES string of the molecule is Cc1cccc(N(CC(=O)N2CCC(CC(=O)OC(C)(C)C)C2)C(=O)/C=C/c2ccccc2)c1. The lowest BCUT2D eigenvalue weighted by Gasteiger charge is -2.25. The molecule has 0 bridgehead atoms. The molecule has 1 unspecified atom stereocenters. The predicted octanol–water partition coefficient (Wildman–Crippen LogP) is 4.62. The highest BCUT2D eigenvalue weighted by atomic mass is 16.6. The Labute approximate surface area is 202 Å². The standard InChI is InChI=1S/C28H34N2O4/c1-21-9-8-12-24(17-21)30(25(31)14-13-22-10-6-5-7-11-22)20-26(32)29-16-15-23(19-29)18-27(33)34-28(2,3)4/h5-14,17,23H,15-16,18-20H2,1-4H3/b14-13+. The molecule has 3 rings (SSSR count). The quantitative estimate of drug-likeness (QED) is 0.445. The normalized spacial score (nSPS) is 16.0. The maximum absolute atomic E-state index is 13.1. The molecule has 2 aromatic rings. The lowest BCUT2D eigenvalue weighted by Crippen LogP contribution is -2.42. The van der Waals surface area contributed by atoms with Crippen LogP contribution in [-0.4, -0.2) is 47.9 Å². The van der Waals surface area contributed by atoms with Gasteiger partial charge in [0, 0.05) is 24.9 Å². The molecule has 1 aliphatic heterocycles. The number of ether oxygens (including phenoxy) is 1. The second-order valence-corrected chi connectivity index (χ2v) is 9.79. The number of likely N-dealkylation sites (tertiary alicyclic amines) is 1. The fourth-order valence-electron chi connectivity index (χ4n) is 3.99. The zero-order chi connectivity index (χ0) is 24.7. The number of aryl methyl sites for hydroxylation is 1. The van der Waals surface area contributed by atoms with Crippen molar-refractivity contribution in [2.45, 2.75) is 46.1 Å². The Morgan fingerprint density at radius 3 is 2.50 bits per heavy atom. The highest BCUT2D eigenvalue weighted by molar-refractivity contribution is 6.06. The molecular weight excluding hydrogens is 428 g/mol. The van der Waals surface area contributed by atoms with Crippen LogP contribution < -0.4 is 4.90 Å². The topological polar surface area (TPSA) is 66.9 Å². The highest BCUT2D eigenvalue weighted by Gasteiger charge is 2.31. The average Bonchev–Trinajstić information content (AvgIpc) is 3.23. The average molecular weight is 463 g/mol. The van der Waals surface area contributed by atoms with Gasteiger partial charge >= 0.3 is 5.97 Å². The molecule has 0 saturated carbocycles. The fraction of sp³-hybridized carbons (Fsp3) is 0.393. The Kier molecular flexibility index (Phi) is 8.26. The van der Waals surface area contributed by atoms with Crippen LogP contribution in [0.2, 0.25) is 0 Å². The molecule has 1 atom stereocenters. The number of amides is 2. The molecule has 1 saturated heterocycles. The fourth-order valence-corrected chi connectivity index (χ4v) is 3.99. The van der Waals surface area contributed by atoms with E-state index in [-0.39, 0.29) is 30.2 Å². The van der Waals surface area contributed by atoms with E-state index in [2.05, 4.69) is 0 Å². The molecule has 0 aromatic heterocycles. The number of nitrogens with zero attached hydrogens (tertiary/aromatic N) is 2. The van der Waals surface area contributed by atoms with Crippen molar-refractivity contribution in [2.24, 2.45) is 5.92 Å². The van der Waals surface area contributed by atoms with Gasteiger partial charge in [0.25, 0.3) is 5.91 Å². The van der Waals surface area contributed by atoms with E-state index in [9.17, 15) is 14.4 Å². The Hall–Kier alpha value is -3.41. The van der Waals surface area contributed by atoms with Crippen LogP contribution in [0, 0.1) is 12.8 Å². The third-order valence-electron chi connectivity index (χ3n) is 5.60. The third kappa shape index (κ3) is 7.58. The first-order chi connectivity index (χ1) is 16.1.